The second kappa shape index (κ2) is 5.42. The number of unbranched alkanes of at least 4 members (excludes halogenated alkanes) is 1. The molecule has 0 aliphatic carbocycles. The quantitative estimate of drug-likeness (QED) is 0.627. The number of nitrogen functional groups attached to an aromatic ring is 1. The lowest BCUT2D eigenvalue weighted by molar-refractivity contribution is 0.483. The van der Waals surface area contributed by atoms with Crippen molar-refractivity contribution in [3.05, 3.63) is 23.8 Å². The van der Waals surface area contributed by atoms with Gasteiger partial charge in [0, 0.05) is 12.2 Å². The van der Waals surface area contributed by atoms with Gasteiger partial charge >= 0.3 is 0 Å². The summed E-state index contributed by atoms with van der Waals surface area (Å²) in [6, 6.07) is 1.63. The number of anilines is 1. The molecule has 0 bridgehead atoms. The Morgan fingerprint density at radius 1 is 1.35 bits per heavy atom. The second-order valence-electron chi connectivity index (χ2n) is 3.57. The molecule has 0 aliphatic rings. The average Bonchev–Trinajstić information content (AvgIpc) is 2.23. The third-order valence-electron chi connectivity index (χ3n) is 2.13. The lowest BCUT2D eigenvalue weighted by atomic mass is 10.3. The highest BCUT2D eigenvalue weighted by Gasteiger charge is 2.22. The predicted octanol–water partition coefficient (Wildman–Crippen LogP) is 1.63. The van der Waals surface area contributed by atoms with Gasteiger partial charge in [0.1, 0.15) is 4.90 Å². The van der Waals surface area contributed by atoms with Crippen molar-refractivity contribution in [1.29, 1.82) is 0 Å². The van der Waals surface area contributed by atoms with Crippen LogP contribution in [0.15, 0.2) is 17.0 Å². The Balaban J connectivity index is 3.06. The molecule has 0 aromatic heterocycles. The molecule has 0 atom stereocenters. The van der Waals surface area contributed by atoms with Crippen LogP contribution in [0.3, 0.4) is 0 Å². The second-order valence-corrected chi connectivity index (χ2v) is 5.30. The highest BCUT2D eigenvalue weighted by atomic mass is 32.2. The Bertz CT molecular complexity index is 503. The summed E-state index contributed by atoms with van der Waals surface area (Å²) in [7, 11) is -4.05. The van der Waals surface area contributed by atoms with Crippen molar-refractivity contribution in [2.45, 2.75) is 24.7 Å². The molecule has 0 saturated carbocycles. The summed E-state index contributed by atoms with van der Waals surface area (Å²) in [5.41, 5.74) is 5.14. The van der Waals surface area contributed by atoms with Crippen LogP contribution in [0.1, 0.15) is 19.8 Å². The minimum atomic E-state index is -4.05. The van der Waals surface area contributed by atoms with E-state index in [1.807, 2.05) is 6.92 Å². The molecule has 0 spiro atoms. The molecule has 1 rings (SSSR count). The van der Waals surface area contributed by atoms with Crippen LogP contribution in [0.5, 0.6) is 0 Å². The van der Waals surface area contributed by atoms with E-state index in [2.05, 4.69) is 4.72 Å². The number of hydrogen-bond donors (Lipinski definition) is 2. The third-order valence-corrected chi connectivity index (χ3v) is 3.59. The largest absolute Gasteiger partial charge is 0.399 e. The molecule has 1 aromatic carbocycles. The summed E-state index contributed by atoms with van der Waals surface area (Å²) in [6.07, 6.45) is 1.40. The molecule has 0 radical (unpaired) electrons. The normalized spacial score (nSPS) is 11.7. The summed E-state index contributed by atoms with van der Waals surface area (Å²) < 4.78 is 51.8. The number of benzene rings is 1. The van der Waals surface area contributed by atoms with Crippen molar-refractivity contribution < 1.29 is 17.2 Å². The van der Waals surface area contributed by atoms with Gasteiger partial charge in [0.05, 0.1) is 0 Å². The zero-order valence-corrected chi connectivity index (χ0v) is 10.2. The Morgan fingerprint density at radius 3 is 2.59 bits per heavy atom. The molecule has 3 N–H and O–H groups in total. The molecular weight excluding hydrogens is 250 g/mol. The van der Waals surface area contributed by atoms with Crippen molar-refractivity contribution in [3.63, 3.8) is 0 Å². The molecule has 17 heavy (non-hydrogen) atoms. The van der Waals surface area contributed by atoms with Crippen LogP contribution in [0.2, 0.25) is 0 Å². The van der Waals surface area contributed by atoms with Crippen molar-refractivity contribution in [2.24, 2.45) is 0 Å². The van der Waals surface area contributed by atoms with Gasteiger partial charge in [0.2, 0.25) is 10.0 Å². The summed E-state index contributed by atoms with van der Waals surface area (Å²) in [6.45, 7) is 2.06. The predicted molar refractivity (Wildman–Crippen MR) is 60.9 cm³/mol. The van der Waals surface area contributed by atoms with Gasteiger partial charge in [-0.05, 0) is 18.6 Å². The van der Waals surface area contributed by atoms with Gasteiger partial charge < -0.3 is 5.73 Å². The molecule has 0 aliphatic heterocycles. The van der Waals surface area contributed by atoms with Gasteiger partial charge in [0.25, 0.3) is 0 Å². The Morgan fingerprint density at radius 2 is 2.00 bits per heavy atom. The van der Waals surface area contributed by atoms with Gasteiger partial charge in [-0.3, -0.25) is 0 Å². The summed E-state index contributed by atoms with van der Waals surface area (Å²) in [5, 5.41) is 0. The molecule has 0 heterocycles. The fourth-order valence-corrected chi connectivity index (χ4v) is 2.43. The topological polar surface area (TPSA) is 72.2 Å². The maximum atomic E-state index is 13.3. The van der Waals surface area contributed by atoms with E-state index >= 15 is 0 Å². The molecule has 4 nitrogen and oxygen atoms in total. The van der Waals surface area contributed by atoms with Gasteiger partial charge in [-0.1, -0.05) is 13.3 Å². The van der Waals surface area contributed by atoms with E-state index in [4.69, 9.17) is 5.73 Å². The van der Waals surface area contributed by atoms with Crippen LogP contribution in [-0.2, 0) is 10.0 Å². The van der Waals surface area contributed by atoms with Crippen LogP contribution in [-0.4, -0.2) is 15.0 Å². The van der Waals surface area contributed by atoms with Gasteiger partial charge in [0.15, 0.2) is 11.6 Å². The van der Waals surface area contributed by atoms with Crippen molar-refractivity contribution >= 4 is 15.7 Å². The molecule has 96 valence electrons. The molecule has 0 amide bonds. The Labute approximate surface area is 98.9 Å². The number of rotatable bonds is 5. The third kappa shape index (κ3) is 3.37. The lowest BCUT2D eigenvalue weighted by Crippen LogP contribution is -2.26. The van der Waals surface area contributed by atoms with E-state index in [1.54, 1.807) is 0 Å². The zero-order valence-electron chi connectivity index (χ0n) is 9.33. The van der Waals surface area contributed by atoms with E-state index in [1.165, 1.54) is 0 Å². The lowest BCUT2D eigenvalue weighted by Gasteiger charge is -2.08. The van der Waals surface area contributed by atoms with E-state index < -0.39 is 26.6 Å². The number of sulfonamides is 1. The van der Waals surface area contributed by atoms with E-state index in [-0.39, 0.29) is 12.2 Å². The number of hydrogen-bond acceptors (Lipinski definition) is 3. The Hall–Kier alpha value is -1.21. The fraction of sp³-hybridized carbons (Fsp3) is 0.400. The first kappa shape index (κ1) is 13.9. The molecule has 0 saturated heterocycles. The maximum absolute atomic E-state index is 13.3. The first-order valence-electron chi connectivity index (χ1n) is 5.12. The van der Waals surface area contributed by atoms with Gasteiger partial charge in [-0.25, -0.2) is 21.9 Å². The minimum absolute atomic E-state index is 0.139. The van der Waals surface area contributed by atoms with Crippen LogP contribution in [0.25, 0.3) is 0 Å². The highest BCUT2D eigenvalue weighted by molar-refractivity contribution is 7.89. The van der Waals surface area contributed by atoms with Gasteiger partial charge in [-0.15, -0.1) is 0 Å². The van der Waals surface area contributed by atoms with Crippen LogP contribution in [0, 0.1) is 11.6 Å². The maximum Gasteiger partial charge on any atom is 0.243 e. The minimum Gasteiger partial charge on any atom is -0.399 e. The summed E-state index contributed by atoms with van der Waals surface area (Å²) >= 11 is 0. The molecule has 0 unspecified atom stereocenters. The fourth-order valence-electron chi connectivity index (χ4n) is 1.24. The Kier molecular flexibility index (Phi) is 4.41. The highest BCUT2D eigenvalue weighted by Crippen LogP contribution is 2.20. The monoisotopic (exact) mass is 264 g/mol. The first-order chi connectivity index (χ1) is 7.88. The van der Waals surface area contributed by atoms with E-state index in [0.717, 1.165) is 18.6 Å². The zero-order chi connectivity index (χ0) is 13.1. The summed E-state index contributed by atoms with van der Waals surface area (Å²) in [5.74, 6) is -2.69. The van der Waals surface area contributed by atoms with Gasteiger partial charge in [-0.2, -0.15) is 0 Å². The van der Waals surface area contributed by atoms with Crippen LogP contribution >= 0.6 is 0 Å². The van der Waals surface area contributed by atoms with Crippen LogP contribution < -0.4 is 10.5 Å². The number of nitrogens with one attached hydrogen (secondary N) is 1. The number of nitrogens with two attached hydrogens (primary N) is 1. The SMILES string of the molecule is CCCCNS(=O)(=O)c1cc(N)cc(F)c1F. The van der Waals surface area contributed by atoms with Crippen molar-refractivity contribution in [3.8, 4) is 0 Å². The van der Waals surface area contributed by atoms with Crippen molar-refractivity contribution in [2.75, 3.05) is 12.3 Å². The molecule has 1 aromatic rings. The standard InChI is InChI=1S/C10H14F2N2O2S/c1-2-3-4-14-17(15,16)9-6-7(13)5-8(11)10(9)12/h5-6,14H,2-4,13H2,1H3. The first-order valence-corrected chi connectivity index (χ1v) is 6.61. The molecule has 7 heteroatoms. The van der Waals surface area contributed by atoms with E-state index in [9.17, 15) is 17.2 Å². The molecule has 0 fully saturated rings. The van der Waals surface area contributed by atoms with Crippen LogP contribution in [0.4, 0.5) is 14.5 Å². The average molecular weight is 264 g/mol. The van der Waals surface area contributed by atoms with Crippen molar-refractivity contribution in [1.82, 2.24) is 4.72 Å². The number of halogens is 2. The molecular formula is C10H14F2N2O2S. The summed E-state index contributed by atoms with van der Waals surface area (Å²) in [4.78, 5) is -0.758. The van der Waals surface area contributed by atoms with E-state index in [0.29, 0.717) is 6.42 Å². The smallest absolute Gasteiger partial charge is 0.243 e.